The molecule has 2 N–H and O–H groups in total. The third kappa shape index (κ3) is 2.54. The second-order valence-electron chi connectivity index (χ2n) is 3.92. The second kappa shape index (κ2) is 5.06. The van der Waals surface area contributed by atoms with Crippen molar-refractivity contribution < 1.29 is 18.3 Å². The van der Waals surface area contributed by atoms with Gasteiger partial charge in [0.05, 0.1) is 12.7 Å². The molecule has 0 amide bonds. The van der Waals surface area contributed by atoms with Gasteiger partial charge in [-0.1, -0.05) is 0 Å². The maximum Gasteiger partial charge on any atom is 0.198 e. The lowest BCUT2D eigenvalue weighted by Crippen LogP contribution is -2.08. The number of anilines is 1. The zero-order valence-electron chi connectivity index (χ0n) is 10.1. The lowest BCUT2D eigenvalue weighted by molar-refractivity contribution is 0.103. The van der Waals surface area contributed by atoms with Crippen LogP contribution in [0.3, 0.4) is 0 Å². The average Bonchev–Trinajstić information content (AvgIpc) is 2.38. The van der Waals surface area contributed by atoms with E-state index >= 15 is 0 Å². The monoisotopic (exact) mass is 263 g/mol. The molecule has 98 valence electrons. The van der Waals surface area contributed by atoms with Crippen LogP contribution in [0.4, 0.5) is 14.5 Å². The zero-order valence-corrected chi connectivity index (χ0v) is 10.1. The predicted molar refractivity (Wildman–Crippen MR) is 67.2 cm³/mol. The highest BCUT2D eigenvalue weighted by atomic mass is 19.1. The van der Waals surface area contributed by atoms with Gasteiger partial charge in [-0.15, -0.1) is 0 Å². The van der Waals surface area contributed by atoms with E-state index in [1.807, 2.05) is 0 Å². The summed E-state index contributed by atoms with van der Waals surface area (Å²) in [6.45, 7) is 0. The number of carbonyl (C=O) groups excluding carboxylic acids is 1. The fourth-order valence-corrected chi connectivity index (χ4v) is 1.66. The number of carbonyl (C=O) groups is 1. The van der Waals surface area contributed by atoms with Gasteiger partial charge in [0.1, 0.15) is 17.4 Å². The minimum Gasteiger partial charge on any atom is -0.497 e. The summed E-state index contributed by atoms with van der Waals surface area (Å²) < 4.78 is 32.2. The third-order valence-corrected chi connectivity index (χ3v) is 2.65. The van der Waals surface area contributed by atoms with Gasteiger partial charge in [0.2, 0.25) is 0 Å². The average molecular weight is 263 g/mol. The fourth-order valence-electron chi connectivity index (χ4n) is 1.66. The summed E-state index contributed by atoms with van der Waals surface area (Å²) in [7, 11) is 1.29. The molecule has 0 aliphatic carbocycles. The minimum absolute atomic E-state index is 0.0175. The molecule has 0 saturated heterocycles. The van der Waals surface area contributed by atoms with E-state index in [2.05, 4.69) is 0 Å². The third-order valence-electron chi connectivity index (χ3n) is 2.65. The predicted octanol–water partition coefficient (Wildman–Crippen LogP) is 2.79. The SMILES string of the molecule is COc1cc(F)c(C(=O)c2ccc(N)cc2)c(F)c1. The van der Waals surface area contributed by atoms with Gasteiger partial charge in [-0.05, 0) is 24.3 Å². The van der Waals surface area contributed by atoms with Gasteiger partial charge in [-0.2, -0.15) is 0 Å². The van der Waals surface area contributed by atoms with Gasteiger partial charge in [-0.25, -0.2) is 8.78 Å². The number of ketones is 1. The quantitative estimate of drug-likeness (QED) is 0.684. The second-order valence-corrected chi connectivity index (χ2v) is 3.92. The van der Waals surface area contributed by atoms with Crippen LogP contribution in [0.1, 0.15) is 15.9 Å². The standard InChI is InChI=1S/C14H11F2NO2/c1-19-10-6-11(15)13(12(16)7-10)14(18)8-2-4-9(17)5-3-8/h2-7H,17H2,1H3. The number of halogens is 2. The van der Waals surface area contributed by atoms with Crippen molar-refractivity contribution in [3.63, 3.8) is 0 Å². The van der Waals surface area contributed by atoms with Gasteiger partial charge in [0, 0.05) is 23.4 Å². The maximum absolute atomic E-state index is 13.7. The van der Waals surface area contributed by atoms with Gasteiger partial charge in [0.25, 0.3) is 0 Å². The van der Waals surface area contributed by atoms with E-state index in [4.69, 9.17) is 10.5 Å². The minimum atomic E-state index is -0.960. The van der Waals surface area contributed by atoms with E-state index in [1.54, 1.807) is 0 Å². The smallest absolute Gasteiger partial charge is 0.198 e. The molecule has 0 aliphatic rings. The van der Waals surface area contributed by atoms with Crippen molar-refractivity contribution >= 4 is 11.5 Å². The molecule has 0 atom stereocenters. The molecule has 3 nitrogen and oxygen atoms in total. The number of ether oxygens (including phenoxy) is 1. The summed E-state index contributed by atoms with van der Waals surface area (Å²) in [5, 5.41) is 0. The van der Waals surface area contributed by atoms with Crippen molar-refractivity contribution in [2.45, 2.75) is 0 Å². The van der Waals surface area contributed by atoms with Gasteiger partial charge >= 0.3 is 0 Å². The maximum atomic E-state index is 13.7. The van der Waals surface area contributed by atoms with Crippen LogP contribution >= 0.6 is 0 Å². The number of nitrogens with two attached hydrogens (primary N) is 1. The molecule has 2 aromatic rings. The summed E-state index contributed by atoms with van der Waals surface area (Å²) in [6.07, 6.45) is 0. The fraction of sp³-hybridized carbons (Fsp3) is 0.0714. The number of hydrogen-bond donors (Lipinski definition) is 1. The molecule has 0 bridgehead atoms. The van der Waals surface area contributed by atoms with Crippen LogP contribution in [-0.2, 0) is 0 Å². The number of benzene rings is 2. The normalized spacial score (nSPS) is 10.3. The van der Waals surface area contributed by atoms with Crippen LogP contribution in [0.5, 0.6) is 5.75 Å². The summed E-state index contributed by atoms with van der Waals surface area (Å²) in [6, 6.07) is 7.75. The van der Waals surface area contributed by atoms with Crippen LogP contribution in [-0.4, -0.2) is 12.9 Å². The van der Waals surface area contributed by atoms with Gasteiger partial charge in [-0.3, -0.25) is 4.79 Å². The molecule has 0 aliphatic heterocycles. The number of methoxy groups -OCH3 is 1. The Balaban J connectivity index is 2.47. The molecule has 0 saturated carbocycles. The number of hydrogen-bond acceptors (Lipinski definition) is 3. The number of rotatable bonds is 3. The Morgan fingerprint density at radius 1 is 1.11 bits per heavy atom. The first kappa shape index (κ1) is 13.0. The molecule has 0 aromatic heterocycles. The molecule has 19 heavy (non-hydrogen) atoms. The summed E-state index contributed by atoms with van der Waals surface area (Å²) in [4.78, 5) is 12.0. The number of nitrogen functional groups attached to an aromatic ring is 1. The van der Waals surface area contributed by atoms with Crippen molar-refractivity contribution in [1.82, 2.24) is 0 Å². The van der Waals surface area contributed by atoms with E-state index in [1.165, 1.54) is 31.4 Å². The first-order valence-electron chi connectivity index (χ1n) is 5.46. The molecule has 0 fully saturated rings. The van der Waals surface area contributed by atoms with E-state index < -0.39 is 23.0 Å². The Labute approximate surface area is 108 Å². The van der Waals surface area contributed by atoms with Gasteiger partial charge in [0.15, 0.2) is 5.78 Å². The first-order chi connectivity index (χ1) is 9.02. The zero-order chi connectivity index (χ0) is 14.0. The van der Waals surface area contributed by atoms with Crippen LogP contribution in [0.15, 0.2) is 36.4 Å². The molecule has 2 aromatic carbocycles. The molecular formula is C14H11F2NO2. The van der Waals surface area contributed by atoms with Crippen LogP contribution in [0, 0.1) is 11.6 Å². The highest BCUT2D eigenvalue weighted by molar-refractivity contribution is 6.09. The topological polar surface area (TPSA) is 52.3 Å². The summed E-state index contributed by atoms with van der Waals surface area (Å²) in [5.41, 5.74) is 5.51. The molecule has 2 rings (SSSR count). The van der Waals surface area contributed by atoms with Crippen molar-refractivity contribution in [1.29, 1.82) is 0 Å². The van der Waals surface area contributed by atoms with Crippen molar-refractivity contribution in [3.05, 3.63) is 59.2 Å². The Kier molecular flexibility index (Phi) is 3.46. The molecule has 0 spiro atoms. The van der Waals surface area contributed by atoms with Crippen molar-refractivity contribution in [2.75, 3.05) is 12.8 Å². The first-order valence-corrected chi connectivity index (χ1v) is 5.46. The van der Waals surface area contributed by atoms with Crippen molar-refractivity contribution in [2.24, 2.45) is 0 Å². The van der Waals surface area contributed by atoms with Crippen molar-refractivity contribution in [3.8, 4) is 5.75 Å². The van der Waals surface area contributed by atoms with Crippen LogP contribution in [0.25, 0.3) is 0 Å². The Morgan fingerprint density at radius 2 is 1.63 bits per heavy atom. The molecular weight excluding hydrogens is 252 g/mol. The van der Waals surface area contributed by atoms with E-state index in [0.717, 1.165) is 12.1 Å². The highest BCUT2D eigenvalue weighted by Gasteiger charge is 2.20. The summed E-state index contributed by atoms with van der Waals surface area (Å²) in [5.74, 6) is -2.64. The van der Waals surface area contributed by atoms with Crippen LogP contribution in [0.2, 0.25) is 0 Å². The molecule has 0 unspecified atom stereocenters. The highest BCUT2D eigenvalue weighted by Crippen LogP contribution is 2.23. The van der Waals surface area contributed by atoms with E-state index in [9.17, 15) is 13.6 Å². The molecule has 0 heterocycles. The Bertz CT molecular complexity index is 601. The summed E-state index contributed by atoms with van der Waals surface area (Å²) >= 11 is 0. The lowest BCUT2D eigenvalue weighted by Gasteiger charge is -2.07. The van der Waals surface area contributed by atoms with Gasteiger partial charge < -0.3 is 10.5 Å². The Hall–Kier alpha value is -2.43. The Morgan fingerprint density at radius 3 is 2.11 bits per heavy atom. The van der Waals surface area contributed by atoms with E-state index in [0.29, 0.717) is 5.69 Å². The molecule has 0 radical (unpaired) electrons. The molecule has 5 heteroatoms. The largest absolute Gasteiger partial charge is 0.497 e. The van der Waals surface area contributed by atoms with Crippen LogP contribution < -0.4 is 10.5 Å². The van der Waals surface area contributed by atoms with E-state index in [-0.39, 0.29) is 11.3 Å². The lowest BCUT2D eigenvalue weighted by atomic mass is 10.0.